The van der Waals surface area contributed by atoms with Gasteiger partial charge < -0.3 is 9.47 Å². The lowest BCUT2D eigenvalue weighted by Gasteiger charge is -2.45. The molecule has 1 aromatic rings. The molecule has 3 rings (SSSR count). The van der Waals surface area contributed by atoms with Crippen molar-refractivity contribution in [2.24, 2.45) is 16.7 Å². The fraction of sp³-hybridized carbons (Fsp3) is 0.550. The molecule has 130 valence electrons. The lowest BCUT2D eigenvalue weighted by Crippen LogP contribution is -2.36. The molecule has 0 aliphatic heterocycles. The zero-order valence-electron chi connectivity index (χ0n) is 15.2. The topological polar surface area (TPSA) is 35.5 Å². The van der Waals surface area contributed by atoms with Gasteiger partial charge in [0.25, 0.3) is 0 Å². The van der Waals surface area contributed by atoms with Crippen molar-refractivity contribution in [3.63, 3.8) is 0 Å². The number of esters is 1. The van der Waals surface area contributed by atoms with Crippen molar-refractivity contribution >= 4 is 21.9 Å². The van der Waals surface area contributed by atoms with Crippen LogP contribution in [0.2, 0.25) is 0 Å². The van der Waals surface area contributed by atoms with E-state index >= 15 is 0 Å². The van der Waals surface area contributed by atoms with Crippen molar-refractivity contribution in [1.29, 1.82) is 0 Å². The van der Waals surface area contributed by atoms with Gasteiger partial charge in [-0.1, -0.05) is 39.3 Å². The quantitative estimate of drug-likeness (QED) is 0.388. The molecule has 1 fully saturated rings. The van der Waals surface area contributed by atoms with Crippen molar-refractivity contribution < 1.29 is 14.3 Å². The summed E-state index contributed by atoms with van der Waals surface area (Å²) in [5, 5.41) is 0. The third-order valence-corrected chi connectivity index (χ3v) is 6.64. The summed E-state index contributed by atoms with van der Waals surface area (Å²) in [6.45, 7) is 10.7. The monoisotopic (exact) mass is 392 g/mol. The number of carbonyl (C=O) groups excluding carboxylic acids is 1. The highest BCUT2D eigenvalue weighted by Gasteiger charge is 2.60. The molecule has 4 heteroatoms. The smallest absolute Gasteiger partial charge is 0.308 e. The largest absolute Gasteiger partial charge is 0.496 e. The van der Waals surface area contributed by atoms with Crippen LogP contribution < -0.4 is 9.47 Å². The Bertz CT molecular complexity index is 735. The van der Waals surface area contributed by atoms with Crippen molar-refractivity contribution in [2.45, 2.75) is 47.0 Å². The predicted octanol–water partition coefficient (Wildman–Crippen LogP) is 5.48. The van der Waals surface area contributed by atoms with Crippen LogP contribution in [0.4, 0.5) is 0 Å². The molecule has 2 aliphatic carbocycles. The fourth-order valence-electron chi connectivity index (χ4n) is 4.41. The van der Waals surface area contributed by atoms with E-state index < -0.39 is 0 Å². The molecule has 0 spiro atoms. The Hall–Kier alpha value is -1.29. The molecule has 0 radical (unpaired) electrons. The van der Waals surface area contributed by atoms with Gasteiger partial charge in [0.1, 0.15) is 11.5 Å². The molecular formula is C20H25BrO3. The van der Waals surface area contributed by atoms with Crippen LogP contribution in [-0.2, 0) is 4.79 Å². The first-order chi connectivity index (χ1) is 11.1. The number of carbonyl (C=O) groups is 1. The van der Waals surface area contributed by atoms with Crippen LogP contribution in [0.3, 0.4) is 0 Å². The van der Waals surface area contributed by atoms with Crippen LogP contribution in [0.25, 0.3) is 0 Å². The first-order valence-electron chi connectivity index (χ1n) is 8.38. The minimum absolute atomic E-state index is 0.0580. The molecule has 1 aromatic carbocycles. The Labute approximate surface area is 152 Å². The fourth-order valence-corrected chi connectivity index (χ4v) is 4.89. The number of halogens is 1. The van der Waals surface area contributed by atoms with Crippen molar-refractivity contribution in [1.82, 2.24) is 0 Å². The zero-order chi connectivity index (χ0) is 17.9. The van der Waals surface area contributed by atoms with Crippen molar-refractivity contribution in [3.8, 4) is 11.5 Å². The highest BCUT2D eigenvalue weighted by atomic mass is 79.9. The average Bonchev–Trinajstić information content (AvgIpc) is 3.11. The van der Waals surface area contributed by atoms with Crippen molar-refractivity contribution in [2.75, 3.05) is 7.11 Å². The molecule has 1 unspecified atom stereocenters. The maximum absolute atomic E-state index is 11.6. The van der Waals surface area contributed by atoms with Crippen LogP contribution in [-0.4, -0.2) is 13.1 Å². The molecule has 3 atom stereocenters. The second-order valence-corrected chi connectivity index (χ2v) is 8.80. The molecular weight excluding hydrogens is 368 g/mol. The predicted molar refractivity (Wildman–Crippen MR) is 98.5 cm³/mol. The third kappa shape index (κ3) is 2.59. The summed E-state index contributed by atoms with van der Waals surface area (Å²) in [5.41, 5.74) is 2.79. The summed E-state index contributed by atoms with van der Waals surface area (Å²) in [6, 6.07) is 3.90. The summed E-state index contributed by atoms with van der Waals surface area (Å²) in [5.74, 6) is 1.84. The number of rotatable bonds is 3. The van der Waals surface area contributed by atoms with Gasteiger partial charge in [-0.05, 0) is 51.2 Å². The summed E-state index contributed by atoms with van der Waals surface area (Å²) in [4.78, 5) is 11.6. The lowest BCUT2D eigenvalue weighted by molar-refractivity contribution is -0.132. The number of hydrogen-bond acceptors (Lipinski definition) is 3. The van der Waals surface area contributed by atoms with Crippen LogP contribution in [0.15, 0.2) is 28.3 Å². The Morgan fingerprint density at radius 2 is 1.92 bits per heavy atom. The van der Waals surface area contributed by atoms with Gasteiger partial charge in [0.15, 0.2) is 0 Å². The molecule has 0 amide bonds. The van der Waals surface area contributed by atoms with Gasteiger partial charge in [0.05, 0.1) is 11.6 Å². The summed E-state index contributed by atoms with van der Waals surface area (Å²) < 4.78 is 11.9. The summed E-state index contributed by atoms with van der Waals surface area (Å²) >= 11 is 3.51. The van der Waals surface area contributed by atoms with E-state index in [1.807, 2.05) is 12.1 Å². The first kappa shape index (κ1) is 17.5. The molecule has 1 saturated carbocycles. The number of methoxy groups -OCH3 is 1. The SMILES string of the molecule is COc1cc(C2C(C)(C)[C@@H](C)C=C3C[C@]32C)c(OC(C)=O)cc1Br. The Morgan fingerprint density at radius 1 is 1.25 bits per heavy atom. The number of hydrogen-bond donors (Lipinski definition) is 0. The second kappa shape index (κ2) is 5.62. The first-order valence-corrected chi connectivity index (χ1v) is 9.17. The molecule has 0 aromatic heterocycles. The van der Waals surface area contributed by atoms with E-state index in [4.69, 9.17) is 9.47 Å². The average molecular weight is 393 g/mol. The molecule has 0 bridgehead atoms. The second-order valence-electron chi connectivity index (χ2n) is 7.95. The van der Waals surface area contributed by atoms with Crippen LogP contribution in [0, 0.1) is 16.7 Å². The number of ether oxygens (including phenoxy) is 2. The normalized spacial score (nSPS) is 30.2. The maximum Gasteiger partial charge on any atom is 0.308 e. The van der Waals surface area contributed by atoms with E-state index in [2.05, 4.69) is 49.7 Å². The Balaban J connectivity index is 2.20. The van der Waals surface area contributed by atoms with E-state index in [-0.39, 0.29) is 22.7 Å². The van der Waals surface area contributed by atoms with Gasteiger partial charge in [-0.25, -0.2) is 0 Å². The van der Waals surface area contributed by atoms with Gasteiger partial charge >= 0.3 is 5.97 Å². The highest BCUT2D eigenvalue weighted by Crippen LogP contribution is 2.71. The van der Waals surface area contributed by atoms with E-state index in [9.17, 15) is 4.79 Å². The summed E-state index contributed by atoms with van der Waals surface area (Å²) in [7, 11) is 1.66. The number of fused-ring (bicyclic) bond motifs is 1. The summed E-state index contributed by atoms with van der Waals surface area (Å²) in [6.07, 6.45) is 3.54. The van der Waals surface area contributed by atoms with Gasteiger partial charge in [0, 0.05) is 18.4 Å². The third-order valence-electron chi connectivity index (χ3n) is 6.02. The standard InChI is InChI=1S/C20H25BrO3/c1-11-7-13-10-20(13,5)18(19(11,3)4)14-8-17(23-6)15(21)9-16(14)24-12(2)22/h7-9,11,18H,10H2,1-6H3/t11-,18?,20+/m0/s1. The molecule has 3 nitrogen and oxygen atoms in total. The van der Waals surface area contributed by atoms with Gasteiger partial charge in [-0.2, -0.15) is 0 Å². The Kier molecular flexibility index (Phi) is 4.10. The van der Waals surface area contributed by atoms with Crippen LogP contribution in [0.1, 0.15) is 52.5 Å². The molecule has 0 heterocycles. The van der Waals surface area contributed by atoms with Gasteiger partial charge in [-0.3, -0.25) is 4.79 Å². The number of benzene rings is 1. The highest BCUT2D eigenvalue weighted by molar-refractivity contribution is 9.10. The van der Waals surface area contributed by atoms with Gasteiger partial charge in [-0.15, -0.1) is 0 Å². The Morgan fingerprint density at radius 3 is 2.50 bits per heavy atom. The number of allylic oxidation sites excluding steroid dienone is 2. The molecule has 0 saturated heterocycles. The minimum atomic E-state index is -0.299. The van der Waals surface area contributed by atoms with Gasteiger partial charge in [0.2, 0.25) is 0 Å². The van der Waals surface area contributed by atoms with E-state index in [0.717, 1.165) is 22.2 Å². The van der Waals surface area contributed by atoms with Crippen LogP contribution in [0.5, 0.6) is 11.5 Å². The van der Waals surface area contributed by atoms with Crippen LogP contribution >= 0.6 is 15.9 Å². The van der Waals surface area contributed by atoms with Crippen molar-refractivity contribution in [3.05, 3.63) is 33.8 Å². The van der Waals surface area contributed by atoms with E-state index in [0.29, 0.717) is 11.7 Å². The molecule has 0 N–H and O–H groups in total. The molecule has 2 aliphatic rings. The minimum Gasteiger partial charge on any atom is -0.496 e. The zero-order valence-corrected chi connectivity index (χ0v) is 16.8. The maximum atomic E-state index is 11.6. The lowest BCUT2D eigenvalue weighted by atomic mass is 9.59. The van der Waals surface area contributed by atoms with E-state index in [1.54, 1.807) is 7.11 Å². The van der Waals surface area contributed by atoms with E-state index in [1.165, 1.54) is 12.5 Å². The molecule has 24 heavy (non-hydrogen) atoms.